The summed E-state index contributed by atoms with van der Waals surface area (Å²) in [6.45, 7) is 7.46. The maximum Gasteiger partial charge on any atom is 0.416 e. The number of halogens is 3. The molecule has 6 nitrogen and oxygen atoms in total. The van der Waals surface area contributed by atoms with Gasteiger partial charge in [-0.05, 0) is 31.4 Å². The first kappa shape index (κ1) is 21.7. The van der Waals surface area contributed by atoms with Crippen LogP contribution in [0.15, 0.2) is 46.1 Å². The molecule has 1 saturated carbocycles. The lowest BCUT2D eigenvalue weighted by atomic mass is 9.94. The molecular formula is C22H28F3N5O. The molecule has 0 amide bonds. The van der Waals surface area contributed by atoms with Crippen molar-refractivity contribution in [1.82, 2.24) is 20.3 Å². The molecule has 0 unspecified atom stereocenters. The molecule has 1 aliphatic carbocycles. The Morgan fingerprint density at radius 1 is 1.19 bits per heavy atom. The second kappa shape index (κ2) is 8.90. The minimum Gasteiger partial charge on any atom is -0.364 e. The predicted octanol–water partition coefficient (Wildman–Crippen LogP) is 3.51. The first-order chi connectivity index (χ1) is 14.9. The molecule has 0 spiro atoms. The third-order valence-electron chi connectivity index (χ3n) is 6.07. The molecule has 1 saturated heterocycles. The number of hydrogen-bond donors (Lipinski definition) is 1. The van der Waals surface area contributed by atoms with Gasteiger partial charge in [0.25, 0.3) is 0 Å². The number of hydrogen-bond acceptors (Lipinski definition) is 4. The van der Waals surface area contributed by atoms with E-state index in [1.54, 1.807) is 12.3 Å². The van der Waals surface area contributed by atoms with Crippen molar-refractivity contribution in [2.45, 2.75) is 37.9 Å². The van der Waals surface area contributed by atoms with Gasteiger partial charge in [-0.1, -0.05) is 23.4 Å². The highest BCUT2D eigenvalue weighted by molar-refractivity contribution is 5.80. The maximum atomic E-state index is 13.1. The summed E-state index contributed by atoms with van der Waals surface area (Å²) in [5, 5.41) is 7.32. The van der Waals surface area contributed by atoms with E-state index in [1.807, 2.05) is 13.0 Å². The van der Waals surface area contributed by atoms with Crippen molar-refractivity contribution in [2.75, 3.05) is 39.3 Å². The fraction of sp³-hybridized carbons (Fsp3) is 0.545. The van der Waals surface area contributed by atoms with E-state index < -0.39 is 11.7 Å². The van der Waals surface area contributed by atoms with Gasteiger partial charge >= 0.3 is 6.18 Å². The Morgan fingerprint density at radius 2 is 1.97 bits per heavy atom. The van der Waals surface area contributed by atoms with E-state index in [0.29, 0.717) is 6.54 Å². The summed E-state index contributed by atoms with van der Waals surface area (Å²) in [7, 11) is 0. The molecule has 2 fully saturated rings. The number of aliphatic imine (C=N–C) groups is 1. The third kappa shape index (κ3) is 5.20. The highest BCUT2D eigenvalue weighted by Crippen LogP contribution is 2.49. The molecule has 1 aromatic heterocycles. The van der Waals surface area contributed by atoms with Gasteiger partial charge in [0, 0.05) is 50.7 Å². The zero-order valence-electron chi connectivity index (χ0n) is 17.7. The molecule has 1 aliphatic heterocycles. The van der Waals surface area contributed by atoms with Gasteiger partial charge in [-0.2, -0.15) is 13.2 Å². The summed E-state index contributed by atoms with van der Waals surface area (Å²) < 4.78 is 44.3. The number of rotatable bonds is 6. The number of aromatic nitrogens is 1. The van der Waals surface area contributed by atoms with Crippen LogP contribution in [0.3, 0.4) is 0 Å². The Morgan fingerprint density at radius 3 is 2.58 bits per heavy atom. The molecule has 168 valence electrons. The average molecular weight is 435 g/mol. The van der Waals surface area contributed by atoms with Crippen LogP contribution in [0, 0.1) is 0 Å². The largest absolute Gasteiger partial charge is 0.416 e. The highest BCUT2D eigenvalue weighted by Gasteiger charge is 2.45. The van der Waals surface area contributed by atoms with Crippen LogP contribution < -0.4 is 5.32 Å². The van der Waals surface area contributed by atoms with Gasteiger partial charge in [-0.15, -0.1) is 0 Å². The fourth-order valence-electron chi connectivity index (χ4n) is 4.03. The van der Waals surface area contributed by atoms with Crippen LogP contribution >= 0.6 is 0 Å². The molecule has 9 heteroatoms. The van der Waals surface area contributed by atoms with Crippen molar-refractivity contribution in [3.8, 4) is 0 Å². The SMILES string of the molecule is CCNC(=NCC1(c2cccc(C(F)(F)F)c2)CC1)N1CCN(Cc2ccon2)CC1. The van der Waals surface area contributed by atoms with Crippen LogP contribution in [0.1, 0.15) is 36.6 Å². The minimum absolute atomic E-state index is 0.281. The molecular weight excluding hydrogens is 407 g/mol. The standard InChI is InChI=1S/C22H28F3N5O/c1-2-26-20(30-11-9-29(10-12-30)15-19-6-13-31-28-19)27-16-21(7-8-21)17-4-3-5-18(14-17)22(23,24)25/h3-6,13-14H,2,7-12,15-16H2,1H3,(H,26,27). The molecule has 1 aromatic carbocycles. The number of nitrogens with zero attached hydrogens (tertiary/aromatic N) is 4. The number of benzene rings is 1. The summed E-state index contributed by atoms with van der Waals surface area (Å²) in [5.41, 5.74) is 0.789. The van der Waals surface area contributed by atoms with E-state index >= 15 is 0 Å². The zero-order chi connectivity index (χ0) is 21.9. The second-order valence-corrected chi connectivity index (χ2v) is 8.28. The fourth-order valence-corrected chi connectivity index (χ4v) is 4.03. The Labute approximate surface area is 180 Å². The number of piperazine rings is 1. The highest BCUT2D eigenvalue weighted by atomic mass is 19.4. The van der Waals surface area contributed by atoms with E-state index in [4.69, 9.17) is 9.52 Å². The molecule has 2 aliphatic rings. The Balaban J connectivity index is 1.40. The van der Waals surface area contributed by atoms with Gasteiger partial charge in [0.2, 0.25) is 0 Å². The van der Waals surface area contributed by atoms with E-state index in [2.05, 4.69) is 20.3 Å². The molecule has 0 radical (unpaired) electrons. The lowest BCUT2D eigenvalue weighted by Gasteiger charge is -2.36. The predicted molar refractivity (Wildman–Crippen MR) is 112 cm³/mol. The van der Waals surface area contributed by atoms with Crippen LogP contribution in [0.2, 0.25) is 0 Å². The molecule has 4 rings (SSSR count). The second-order valence-electron chi connectivity index (χ2n) is 8.28. The van der Waals surface area contributed by atoms with Crippen molar-refractivity contribution in [3.05, 3.63) is 53.4 Å². The Kier molecular flexibility index (Phi) is 6.22. The van der Waals surface area contributed by atoms with Gasteiger partial charge in [0.15, 0.2) is 5.96 Å². The summed E-state index contributed by atoms with van der Waals surface area (Å²) in [4.78, 5) is 9.39. The first-order valence-corrected chi connectivity index (χ1v) is 10.7. The van der Waals surface area contributed by atoms with Gasteiger partial charge in [0.1, 0.15) is 6.26 Å². The topological polar surface area (TPSA) is 56.9 Å². The van der Waals surface area contributed by atoms with Gasteiger partial charge in [0.05, 0.1) is 17.8 Å². The van der Waals surface area contributed by atoms with E-state index in [1.165, 1.54) is 12.1 Å². The molecule has 31 heavy (non-hydrogen) atoms. The van der Waals surface area contributed by atoms with Gasteiger partial charge < -0.3 is 14.7 Å². The molecule has 0 bridgehead atoms. The van der Waals surface area contributed by atoms with Crippen LogP contribution in [0.25, 0.3) is 0 Å². The summed E-state index contributed by atoms with van der Waals surface area (Å²) >= 11 is 0. The average Bonchev–Trinajstić information content (AvgIpc) is 3.38. The van der Waals surface area contributed by atoms with Crippen molar-refractivity contribution in [1.29, 1.82) is 0 Å². The lowest BCUT2D eigenvalue weighted by Crippen LogP contribution is -2.52. The quantitative estimate of drug-likeness (QED) is 0.556. The van der Waals surface area contributed by atoms with Gasteiger partial charge in [-0.25, -0.2) is 0 Å². The Bertz CT molecular complexity index is 885. The normalized spacial score (nSPS) is 19.5. The van der Waals surface area contributed by atoms with Crippen molar-refractivity contribution in [2.24, 2.45) is 4.99 Å². The summed E-state index contributed by atoms with van der Waals surface area (Å²) in [6, 6.07) is 7.60. The van der Waals surface area contributed by atoms with Gasteiger partial charge in [-0.3, -0.25) is 9.89 Å². The maximum absolute atomic E-state index is 13.1. The molecule has 0 atom stereocenters. The first-order valence-electron chi connectivity index (χ1n) is 10.7. The number of nitrogens with one attached hydrogen (secondary N) is 1. The molecule has 2 heterocycles. The molecule has 2 aromatic rings. The minimum atomic E-state index is -4.32. The van der Waals surface area contributed by atoms with Crippen molar-refractivity contribution >= 4 is 5.96 Å². The van der Waals surface area contributed by atoms with E-state index in [0.717, 1.165) is 75.4 Å². The Hall–Kier alpha value is -2.55. The van der Waals surface area contributed by atoms with E-state index in [9.17, 15) is 13.2 Å². The summed E-state index contributed by atoms with van der Waals surface area (Å²) in [5.74, 6) is 0.835. The van der Waals surface area contributed by atoms with Crippen molar-refractivity contribution < 1.29 is 17.7 Å². The zero-order valence-corrected chi connectivity index (χ0v) is 17.7. The van der Waals surface area contributed by atoms with Crippen LogP contribution in [0.5, 0.6) is 0 Å². The smallest absolute Gasteiger partial charge is 0.364 e. The number of alkyl halides is 3. The number of guanidine groups is 1. The van der Waals surface area contributed by atoms with E-state index in [-0.39, 0.29) is 5.41 Å². The van der Waals surface area contributed by atoms with Crippen LogP contribution in [-0.2, 0) is 18.1 Å². The van der Waals surface area contributed by atoms with Crippen LogP contribution in [0.4, 0.5) is 13.2 Å². The molecule has 1 N–H and O–H groups in total. The lowest BCUT2D eigenvalue weighted by molar-refractivity contribution is -0.137. The third-order valence-corrected chi connectivity index (χ3v) is 6.07. The monoisotopic (exact) mass is 435 g/mol. The van der Waals surface area contributed by atoms with Crippen molar-refractivity contribution in [3.63, 3.8) is 0 Å². The summed E-state index contributed by atoms with van der Waals surface area (Å²) in [6.07, 6.45) is -1.01. The van der Waals surface area contributed by atoms with Crippen LogP contribution in [-0.4, -0.2) is 60.2 Å².